The highest BCUT2D eigenvalue weighted by Crippen LogP contribution is 2.38. The summed E-state index contributed by atoms with van der Waals surface area (Å²) in [7, 11) is 1.58. The lowest BCUT2D eigenvalue weighted by Crippen LogP contribution is -2.36. The number of aliphatic hydroxyl groups excluding tert-OH is 1. The summed E-state index contributed by atoms with van der Waals surface area (Å²) in [5.74, 6) is 0.526. The van der Waals surface area contributed by atoms with Gasteiger partial charge < -0.3 is 31.1 Å². The molecule has 12 heteroatoms. The number of hydrogen-bond donors (Lipinski definition) is 5. The Hall–Kier alpha value is -4.42. The van der Waals surface area contributed by atoms with Gasteiger partial charge in [-0.15, -0.1) is 0 Å². The van der Waals surface area contributed by atoms with Crippen molar-refractivity contribution in [2.75, 3.05) is 25.6 Å². The zero-order valence-electron chi connectivity index (χ0n) is 27.6. The van der Waals surface area contributed by atoms with Crippen LogP contribution in [0.25, 0.3) is 22.5 Å². The average Bonchev–Trinajstić information content (AvgIpc) is 3.51. The van der Waals surface area contributed by atoms with Gasteiger partial charge >= 0.3 is 0 Å². The largest absolute Gasteiger partial charge is 0.481 e. The monoisotopic (exact) mass is 671 g/mol. The van der Waals surface area contributed by atoms with E-state index in [9.17, 15) is 14.7 Å². The zero-order chi connectivity index (χ0) is 34.2. The van der Waals surface area contributed by atoms with Crippen molar-refractivity contribution in [1.82, 2.24) is 30.9 Å². The number of anilines is 1. The Bertz CT molecular complexity index is 1750. The number of ether oxygens (including phenoxy) is 1. The van der Waals surface area contributed by atoms with Crippen molar-refractivity contribution in [1.29, 1.82) is 0 Å². The number of methoxy groups -OCH3 is 1. The summed E-state index contributed by atoms with van der Waals surface area (Å²) in [6.45, 7) is 7.80. The van der Waals surface area contributed by atoms with Crippen LogP contribution in [0.5, 0.6) is 5.88 Å². The molecule has 0 bridgehead atoms. The van der Waals surface area contributed by atoms with Gasteiger partial charge in [0.05, 0.1) is 30.1 Å². The summed E-state index contributed by atoms with van der Waals surface area (Å²) in [4.78, 5) is 38.4. The molecule has 11 nitrogen and oxygen atoms in total. The van der Waals surface area contributed by atoms with E-state index in [-0.39, 0.29) is 36.2 Å². The molecule has 4 heterocycles. The molecule has 1 saturated heterocycles. The number of aliphatic hydroxyl groups is 1. The van der Waals surface area contributed by atoms with Crippen molar-refractivity contribution in [3.05, 3.63) is 88.3 Å². The molecule has 5 rings (SSSR count). The molecule has 0 spiro atoms. The second-order valence-corrected chi connectivity index (χ2v) is 12.6. The number of amides is 2. The van der Waals surface area contributed by atoms with Crippen LogP contribution in [0, 0.1) is 12.8 Å². The highest BCUT2D eigenvalue weighted by Gasteiger charge is 2.21. The number of halogens is 1. The molecule has 4 aromatic rings. The number of aromatic nitrogens is 3. The number of nitrogens with one attached hydrogen (secondary N) is 4. The molecule has 5 N–H and O–H groups in total. The number of nitrogens with zero attached hydrogens (tertiary/aromatic N) is 3. The third-order valence-corrected chi connectivity index (χ3v) is 8.94. The number of rotatable bonds is 14. The summed E-state index contributed by atoms with van der Waals surface area (Å²) in [5, 5.41) is 22.6. The Labute approximate surface area is 285 Å². The van der Waals surface area contributed by atoms with E-state index in [1.165, 1.54) is 0 Å². The number of carbonyl (C=O) groups excluding carboxylic acids is 2. The van der Waals surface area contributed by atoms with Crippen LogP contribution in [0.15, 0.2) is 60.9 Å². The highest BCUT2D eigenvalue weighted by atomic mass is 35.5. The SMILES string of the molecule is COc1nc(-c2ccnc(-c3cccc(NC(=O)c4ccc(CN[C@H](CO)C(C)C)cn4)c3C)c2Cl)ccc1CNC[C@H]1CCC(=O)N1. The molecule has 252 valence electrons. The van der Waals surface area contributed by atoms with E-state index in [0.29, 0.717) is 65.5 Å². The second kappa shape index (κ2) is 16.1. The van der Waals surface area contributed by atoms with Crippen molar-refractivity contribution >= 4 is 29.1 Å². The molecule has 2 amide bonds. The number of pyridine rings is 3. The molecule has 0 saturated carbocycles. The van der Waals surface area contributed by atoms with E-state index >= 15 is 0 Å². The maximum Gasteiger partial charge on any atom is 0.274 e. The molecule has 48 heavy (non-hydrogen) atoms. The van der Waals surface area contributed by atoms with Crippen LogP contribution in [-0.2, 0) is 17.9 Å². The summed E-state index contributed by atoms with van der Waals surface area (Å²) in [6.07, 6.45) is 4.74. The van der Waals surface area contributed by atoms with Gasteiger partial charge in [0.25, 0.3) is 5.91 Å². The first-order valence-corrected chi connectivity index (χ1v) is 16.5. The van der Waals surface area contributed by atoms with Crippen molar-refractivity contribution in [3.8, 4) is 28.4 Å². The van der Waals surface area contributed by atoms with Crippen LogP contribution < -0.4 is 26.0 Å². The molecular formula is C36H42ClN7O4. The van der Waals surface area contributed by atoms with Crippen molar-refractivity contribution in [2.45, 2.75) is 58.8 Å². The zero-order valence-corrected chi connectivity index (χ0v) is 28.4. The normalized spacial score (nSPS) is 15.0. The second-order valence-electron chi connectivity index (χ2n) is 12.2. The van der Waals surface area contributed by atoms with Gasteiger partial charge in [-0.2, -0.15) is 0 Å². The standard InChI is InChI=1S/C36H42ClN7O4/c1-21(2)31(20-45)41-17-23-8-11-30(40-16-23)35(47)43-28-7-5-6-26(22(28)3)34-33(37)27(14-15-39-34)29-12-9-24(36(44-29)48-4)18-38-19-25-10-13-32(46)42-25/h5-9,11-12,14-16,21,25,31,38,41,45H,10,13,17-20H2,1-4H3,(H,42,46)(H,43,47)/t25-,31-/m1/s1. The van der Waals surface area contributed by atoms with Gasteiger partial charge in [-0.3, -0.25) is 19.6 Å². The van der Waals surface area contributed by atoms with Gasteiger partial charge in [0.15, 0.2) is 0 Å². The minimum atomic E-state index is -0.336. The molecule has 0 radical (unpaired) electrons. The van der Waals surface area contributed by atoms with E-state index < -0.39 is 0 Å². The Morgan fingerprint density at radius 1 is 1.10 bits per heavy atom. The molecule has 3 aromatic heterocycles. The molecule has 1 fully saturated rings. The van der Waals surface area contributed by atoms with Gasteiger partial charge in [-0.05, 0) is 54.7 Å². The lowest BCUT2D eigenvalue weighted by molar-refractivity contribution is -0.119. The molecule has 1 aliphatic heterocycles. The van der Waals surface area contributed by atoms with E-state index in [0.717, 1.165) is 28.7 Å². The minimum Gasteiger partial charge on any atom is -0.481 e. The molecule has 2 atom stereocenters. The predicted octanol–water partition coefficient (Wildman–Crippen LogP) is 4.90. The third kappa shape index (κ3) is 8.35. The molecular weight excluding hydrogens is 630 g/mol. The van der Waals surface area contributed by atoms with Gasteiger partial charge in [-0.1, -0.05) is 49.7 Å². The first-order valence-electron chi connectivity index (χ1n) is 16.1. The number of hydrogen-bond acceptors (Lipinski definition) is 9. The van der Waals surface area contributed by atoms with E-state index in [4.69, 9.17) is 21.3 Å². The Morgan fingerprint density at radius 3 is 2.62 bits per heavy atom. The van der Waals surface area contributed by atoms with Gasteiger partial charge in [0.2, 0.25) is 11.8 Å². The van der Waals surface area contributed by atoms with Crippen LogP contribution in [0.3, 0.4) is 0 Å². The Morgan fingerprint density at radius 2 is 1.94 bits per heavy atom. The number of carbonyl (C=O) groups is 2. The van der Waals surface area contributed by atoms with E-state index in [1.54, 1.807) is 25.6 Å². The summed E-state index contributed by atoms with van der Waals surface area (Å²) >= 11 is 6.99. The lowest BCUT2D eigenvalue weighted by atomic mass is 10.0. The fraction of sp³-hybridized carbons (Fsp3) is 0.361. The average molecular weight is 672 g/mol. The summed E-state index contributed by atoms with van der Waals surface area (Å²) in [6, 6.07) is 14.9. The molecule has 0 unspecified atom stereocenters. The van der Waals surface area contributed by atoms with E-state index in [1.807, 2.05) is 63.2 Å². The van der Waals surface area contributed by atoms with Gasteiger partial charge in [0.1, 0.15) is 5.69 Å². The van der Waals surface area contributed by atoms with Crippen LogP contribution >= 0.6 is 11.6 Å². The predicted molar refractivity (Wildman–Crippen MR) is 187 cm³/mol. The summed E-state index contributed by atoms with van der Waals surface area (Å²) < 4.78 is 5.61. The van der Waals surface area contributed by atoms with Gasteiger partial charge in [-0.25, -0.2) is 4.98 Å². The first kappa shape index (κ1) is 34.9. The van der Waals surface area contributed by atoms with Crippen LogP contribution in [0.2, 0.25) is 5.02 Å². The first-order chi connectivity index (χ1) is 23.2. The van der Waals surface area contributed by atoms with Crippen molar-refractivity contribution < 1.29 is 19.4 Å². The molecule has 0 aliphatic carbocycles. The van der Waals surface area contributed by atoms with Crippen LogP contribution in [0.1, 0.15) is 53.9 Å². The molecule has 1 aromatic carbocycles. The minimum absolute atomic E-state index is 0.0152. The summed E-state index contributed by atoms with van der Waals surface area (Å²) in [5.41, 5.74) is 6.16. The Kier molecular flexibility index (Phi) is 11.7. The maximum absolute atomic E-state index is 13.2. The van der Waals surface area contributed by atoms with Crippen LogP contribution in [0.4, 0.5) is 5.69 Å². The lowest BCUT2D eigenvalue weighted by Gasteiger charge is -2.19. The van der Waals surface area contributed by atoms with Crippen molar-refractivity contribution in [3.63, 3.8) is 0 Å². The maximum atomic E-state index is 13.2. The fourth-order valence-corrected chi connectivity index (χ4v) is 5.92. The third-order valence-electron chi connectivity index (χ3n) is 8.55. The van der Waals surface area contributed by atoms with Gasteiger partial charge in [0, 0.05) is 72.9 Å². The van der Waals surface area contributed by atoms with Crippen LogP contribution in [-0.4, -0.2) is 64.2 Å². The number of benzene rings is 1. The molecule has 1 aliphatic rings. The quantitative estimate of drug-likeness (QED) is 0.126. The fourth-order valence-electron chi connectivity index (χ4n) is 5.61. The highest BCUT2D eigenvalue weighted by molar-refractivity contribution is 6.35. The smallest absolute Gasteiger partial charge is 0.274 e. The Balaban J connectivity index is 1.29. The topological polar surface area (TPSA) is 150 Å². The van der Waals surface area contributed by atoms with Crippen molar-refractivity contribution in [2.24, 2.45) is 5.92 Å². The van der Waals surface area contributed by atoms with E-state index in [2.05, 4.69) is 31.2 Å².